The Hall–Kier alpha value is -1.72. The van der Waals surface area contributed by atoms with Crippen molar-refractivity contribution in [3.05, 3.63) is 64.5 Å². The van der Waals surface area contributed by atoms with E-state index in [-0.39, 0.29) is 6.04 Å². The van der Waals surface area contributed by atoms with Crippen LogP contribution in [-0.2, 0) is 6.42 Å². The van der Waals surface area contributed by atoms with Gasteiger partial charge in [-0.15, -0.1) is 10.2 Å². The van der Waals surface area contributed by atoms with E-state index in [0.717, 1.165) is 35.2 Å². The molecule has 0 saturated carbocycles. The number of hydrogen-bond acceptors (Lipinski definition) is 3. The van der Waals surface area contributed by atoms with Crippen molar-refractivity contribution in [1.29, 1.82) is 0 Å². The van der Waals surface area contributed by atoms with Crippen LogP contribution in [0.25, 0.3) is 5.65 Å². The van der Waals surface area contributed by atoms with Crippen molar-refractivity contribution < 1.29 is 0 Å². The van der Waals surface area contributed by atoms with Crippen LogP contribution in [0, 0.1) is 0 Å². The summed E-state index contributed by atoms with van der Waals surface area (Å²) in [6.07, 6.45) is 5.24. The zero-order chi connectivity index (χ0) is 15.4. The van der Waals surface area contributed by atoms with E-state index in [1.165, 1.54) is 5.56 Å². The molecular formula is C17H19BrN4. The van der Waals surface area contributed by atoms with E-state index < -0.39 is 0 Å². The molecule has 0 spiro atoms. The molecule has 0 aliphatic rings. The second-order valence-electron chi connectivity index (χ2n) is 5.35. The van der Waals surface area contributed by atoms with E-state index in [1.807, 2.05) is 29.8 Å². The second-order valence-corrected chi connectivity index (χ2v) is 6.27. The molecule has 1 N–H and O–H groups in total. The number of aromatic nitrogens is 3. The molecule has 0 saturated heterocycles. The average Bonchev–Trinajstić information content (AvgIpc) is 2.95. The smallest absolute Gasteiger partial charge is 0.160 e. The zero-order valence-electron chi connectivity index (χ0n) is 12.5. The van der Waals surface area contributed by atoms with Crippen molar-refractivity contribution in [3.63, 3.8) is 0 Å². The molecule has 2 heterocycles. The SMILES string of the molecule is CN[C@H](CCCc1ccccc1)c1nnc2ccc(Br)cn12. The number of fused-ring (bicyclic) bond motifs is 1. The Morgan fingerprint density at radius 1 is 1.14 bits per heavy atom. The van der Waals surface area contributed by atoms with E-state index in [1.54, 1.807) is 0 Å². The summed E-state index contributed by atoms with van der Waals surface area (Å²) in [5.41, 5.74) is 2.26. The first-order valence-electron chi connectivity index (χ1n) is 7.49. The highest BCUT2D eigenvalue weighted by molar-refractivity contribution is 9.10. The Morgan fingerprint density at radius 2 is 1.95 bits per heavy atom. The summed E-state index contributed by atoms with van der Waals surface area (Å²) in [5.74, 6) is 0.965. The van der Waals surface area contributed by atoms with Gasteiger partial charge in [0.1, 0.15) is 0 Å². The third kappa shape index (κ3) is 3.36. The summed E-state index contributed by atoms with van der Waals surface area (Å²) in [7, 11) is 1.98. The maximum atomic E-state index is 4.36. The standard InChI is InChI=1S/C17H19BrN4/c1-19-15(9-5-8-13-6-3-2-4-7-13)17-21-20-16-11-10-14(18)12-22(16)17/h2-4,6-7,10-12,15,19H,5,8-9H2,1H3/t15-/m1/s1. The van der Waals surface area contributed by atoms with Crippen LogP contribution in [-0.4, -0.2) is 21.6 Å². The number of halogens is 1. The third-order valence-corrected chi connectivity index (χ3v) is 4.32. The predicted octanol–water partition coefficient (Wildman–Crippen LogP) is 3.78. The summed E-state index contributed by atoms with van der Waals surface area (Å²) in [6.45, 7) is 0. The largest absolute Gasteiger partial charge is 0.310 e. The number of nitrogens with zero attached hydrogens (tertiary/aromatic N) is 3. The molecule has 0 amide bonds. The van der Waals surface area contributed by atoms with Crippen LogP contribution in [0.4, 0.5) is 0 Å². The van der Waals surface area contributed by atoms with Crippen molar-refractivity contribution in [2.75, 3.05) is 7.05 Å². The maximum Gasteiger partial charge on any atom is 0.160 e. The summed E-state index contributed by atoms with van der Waals surface area (Å²) < 4.78 is 3.08. The van der Waals surface area contributed by atoms with Gasteiger partial charge in [-0.2, -0.15) is 0 Å². The first-order valence-corrected chi connectivity index (χ1v) is 8.28. The van der Waals surface area contributed by atoms with E-state index in [0.29, 0.717) is 0 Å². The molecule has 5 heteroatoms. The lowest BCUT2D eigenvalue weighted by molar-refractivity contribution is 0.498. The summed E-state index contributed by atoms with van der Waals surface area (Å²) >= 11 is 3.51. The van der Waals surface area contributed by atoms with Gasteiger partial charge in [-0.1, -0.05) is 30.3 Å². The highest BCUT2D eigenvalue weighted by Gasteiger charge is 2.16. The van der Waals surface area contributed by atoms with E-state index in [9.17, 15) is 0 Å². The molecule has 2 aromatic heterocycles. The minimum Gasteiger partial charge on any atom is -0.310 e. The fourth-order valence-electron chi connectivity index (χ4n) is 2.68. The lowest BCUT2D eigenvalue weighted by Gasteiger charge is -2.14. The van der Waals surface area contributed by atoms with Gasteiger partial charge >= 0.3 is 0 Å². The summed E-state index contributed by atoms with van der Waals surface area (Å²) in [4.78, 5) is 0. The van der Waals surface area contributed by atoms with E-state index >= 15 is 0 Å². The Balaban J connectivity index is 1.71. The molecule has 1 aromatic carbocycles. The molecule has 1 atom stereocenters. The predicted molar refractivity (Wildman–Crippen MR) is 91.9 cm³/mol. The number of rotatable bonds is 6. The summed E-state index contributed by atoms with van der Waals surface area (Å²) in [5, 5.41) is 12.0. The van der Waals surface area contributed by atoms with Gasteiger partial charge in [0.2, 0.25) is 0 Å². The Kier molecular flexibility index (Phi) is 4.85. The number of hydrogen-bond donors (Lipinski definition) is 1. The number of nitrogens with one attached hydrogen (secondary N) is 1. The maximum absolute atomic E-state index is 4.36. The molecule has 3 aromatic rings. The average molecular weight is 359 g/mol. The fourth-order valence-corrected chi connectivity index (χ4v) is 3.01. The normalized spacial score (nSPS) is 12.6. The Labute approximate surface area is 138 Å². The van der Waals surface area contributed by atoms with Crippen LogP contribution < -0.4 is 5.32 Å². The molecule has 22 heavy (non-hydrogen) atoms. The highest BCUT2D eigenvalue weighted by Crippen LogP contribution is 2.20. The van der Waals surface area contributed by atoms with Gasteiger partial charge < -0.3 is 5.32 Å². The molecule has 0 aliphatic carbocycles. The minimum absolute atomic E-state index is 0.202. The molecule has 0 fully saturated rings. The molecule has 0 bridgehead atoms. The monoisotopic (exact) mass is 358 g/mol. The van der Waals surface area contributed by atoms with Crippen LogP contribution in [0.5, 0.6) is 0 Å². The number of benzene rings is 1. The van der Waals surface area contributed by atoms with Crippen LogP contribution in [0.2, 0.25) is 0 Å². The number of aryl methyl sites for hydroxylation is 1. The van der Waals surface area contributed by atoms with E-state index in [2.05, 4.69) is 61.8 Å². The first-order chi connectivity index (χ1) is 10.8. The van der Waals surface area contributed by atoms with Gasteiger partial charge in [0.25, 0.3) is 0 Å². The molecule has 0 aliphatic heterocycles. The summed E-state index contributed by atoms with van der Waals surface area (Å²) in [6, 6.07) is 14.8. The van der Waals surface area contributed by atoms with Crippen LogP contribution in [0.1, 0.15) is 30.3 Å². The topological polar surface area (TPSA) is 42.2 Å². The molecule has 0 radical (unpaired) electrons. The van der Waals surface area contributed by atoms with Crippen molar-refractivity contribution in [1.82, 2.24) is 19.9 Å². The van der Waals surface area contributed by atoms with Gasteiger partial charge in [-0.3, -0.25) is 4.40 Å². The van der Waals surface area contributed by atoms with Crippen molar-refractivity contribution in [2.24, 2.45) is 0 Å². The van der Waals surface area contributed by atoms with Crippen molar-refractivity contribution in [3.8, 4) is 0 Å². The van der Waals surface area contributed by atoms with Gasteiger partial charge in [0.15, 0.2) is 11.5 Å². The van der Waals surface area contributed by atoms with Crippen molar-refractivity contribution in [2.45, 2.75) is 25.3 Å². The highest BCUT2D eigenvalue weighted by atomic mass is 79.9. The quantitative estimate of drug-likeness (QED) is 0.729. The van der Waals surface area contributed by atoms with Gasteiger partial charge in [0.05, 0.1) is 6.04 Å². The molecule has 114 valence electrons. The first kappa shape index (κ1) is 15.2. The Morgan fingerprint density at radius 3 is 2.73 bits per heavy atom. The molecule has 0 unspecified atom stereocenters. The molecule has 3 rings (SSSR count). The Bertz CT molecular complexity index is 739. The van der Waals surface area contributed by atoms with Crippen molar-refractivity contribution >= 4 is 21.6 Å². The fraction of sp³-hybridized carbons (Fsp3) is 0.294. The van der Waals surface area contributed by atoms with Gasteiger partial charge in [-0.05, 0) is 59.9 Å². The van der Waals surface area contributed by atoms with E-state index in [4.69, 9.17) is 0 Å². The minimum atomic E-state index is 0.202. The van der Waals surface area contributed by atoms with Crippen LogP contribution >= 0.6 is 15.9 Å². The van der Waals surface area contributed by atoms with Gasteiger partial charge in [0, 0.05) is 10.7 Å². The zero-order valence-corrected chi connectivity index (χ0v) is 14.1. The third-order valence-electron chi connectivity index (χ3n) is 3.85. The number of pyridine rings is 1. The van der Waals surface area contributed by atoms with Crippen LogP contribution in [0.15, 0.2) is 53.1 Å². The molecule has 4 nitrogen and oxygen atoms in total. The van der Waals surface area contributed by atoms with Crippen LogP contribution in [0.3, 0.4) is 0 Å². The molecular weight excluding hydrogens is 340 g/mol. The second kappa shape index (κ2) is 7.03. The lowest BCUT2D eigenvalue weighted by Crippen LogP contribution is -2.19. The van der Waals surface area contributed by atoms with Gasteiger partial charge in [-0.25, -0.2) is 0 Å². The lowest BCUT2D eigenvalue weighted by atomic mass is 10.0.